The molecule has 0 saturated carbocycles. The van der Waals surface area contributed by atoms with Crippen LogP contribution in [0.5, 0.6) is 29.0 Å². The topological polar surface area (TPSA) is 101 Å². The van der Waals surface area contributed by atoms with Crippen LogP contribution in [0.2, 0.25) is 0 Å². The monoisotopic (exact) mass is 624 g/mol. The molecule has 2 aliphatic heterocycles. The van der Waals surface area contributed by atoms with Gasteiger partial charge in [0.2, 0.25) is 0 Å². The summed E-state index contributed by atoms with van der Waals surface area (Å²) in [6.45, 7) is 4.47. The van der Waals surface area contributed by atoms with Gasteiger partial charge in [0.1, 0.15) is 35.8 Å². The van der Waals surface area contributed by atoms with Gasteiger partial charge in [0, 0.05) is 23.8 Å². The fourth-order valence-corrected chi connectivity index (χ4v) is 5.61. The van der Waals surface area contributed by atoms with Crippen LogP contribution >= 0.6 is 0 Å². The molecule has 0 aliphatic carbocycles. The number of hydrogen-bond acceptors (Lipinski definition) is 8. The Kier molecular flexibility index (Phi) is 8.17. The van der Waals surface area contributed by atoms with Crippen LogP contribution in [0.15, 0.2) is 79.0 Å². The largest absolute Gasteiger partial charge is 0.573 e. The highest BCUT2D eigenvalue weighted by Gasteiger charge is 2.41. The molecule has 6 rings (SSSR count). The first kappa shape index (κ1) is 30.1. The standard InChI is InChI=1S/C32H31F3N4O6/c1-31(20-38-19-29(39(40)41)36-30(38)45-31)21-42-25-8-4-24(5-9-25)37-16-14-23(15-17-37)18-22-2-6-26(7-3-22)43-27-10-12-28(13-11-27)44-32(33,34)35/h2-13,19,23H,14-18,20-21H2,1H3/t31-/m1/s1. The van der Waals surface area contributed by atoms with Crippen LogP contribution in [-0.4, -0.2) is 46.1 Å². The molecule has 3 aromatic carbocycles. The molecule has 0 unspecified atom stereocenters. The Balaban J connectivity index is 0.933. The molecule has 10 nitrogen and oxygen atoms in total. The fraction of sp³-hybridized carbons (Fsp3) is 0.344. The Bertz CT molecular complexity index is 1590. The SMILES string of the molecule is C[C@]1(COc2ccc(N3CCC(Cc4ccc(Oc5ccc(OC(F)(F)F)cc5)cc4)CC3)cc2)Cn2cc([N+](=O)[O-])nc2O1. The number of nitrogens with zero attached hydrogens (tertiary/aromatic N) is 4. The van der Waals surface area contributed by atoms with Gasteiger partial charge in [-0.1, -0.05) is 12.1 Å². The molecule has 45 heavy (non-hydrogen) atoms. The van der Waals surface area contributed by atoms with Gasteiger partial charge in [0.25, 0.3) is 0 Å². The lowest BCUT2D eigenvalue weighted by Crippen LogP contribution is -2.38. The number of aromatic nitrogens is 2. The van der Waals surface area contributed by atoms with Crippen molar-refractivity contribution in [3.63, 3.8) is 0 Å². The number of hydrogen-bond donors (Lipinski definition) is 0. The first-order valence-electron chi connectivity index (χ1n) is 14.5. The zero-order valence-electron chi connectivity index (χ0n) is 24.4. The van der Waals surface area contributed by atoms with Crippen molar-refractivity contribution < 1.29 is 37.0 Å². The van der Waals surface area contributed by atoms with E-state index < -0.39 is 16.9 Å². The first-order chi connectivity index (χ1) is 21.5. The maximum absolute atomic E-state index is 12.3. The van der Waals surface area contributed by atoms with E-state index in [0.29, 0.717) is 29.7 Å². The smallest absolute Gasteiger partial charge is 0.489 e. The van der Waals surface area contributed by atoms with E-state index in [2.05, 4.69) is 26.8 Å². The zero-order valence-corrected chi connectivity index (χ0v) is 24.4. The molecule has 236 valence electrons. The Labute approximate surface area is 257 Å². The van der Waals surface area contributed by atoms with Crippen LogP contribution < -0.4 is 23.8 Å². The van der Waals surface area contributed by atoms with E-state index in [4.69, 9.17) is 14.2 Å². The number of ether oxygens (including phenoxy) is 4. The van der Waals surface area contributed by atoms with E-state index >= 15 is 0 Å². The van der Waals surface area contributed by atoms with Gasteiger partial charge in [0.15, 0.2) is 5.60 Å². The number of imidazole rings is 1. The normalized spacial score (nSPS) is 18.3. The Hall–Kier alpha value is -4.94. The maximum Gasteiger partial charge on any atom is 0.573 e. The van der Waals surface area contributed by atoms with Gasteiger partial charge in [0.05, 0.1) is 6.54 Å². The van der Waals surface area contributed by atoms with Crippen molar-refractivity contribution in [2.75, 3.05) is 24.6 Å². The molecule has 13 heteroatoms. The van der Waals surface area contributed by atoms with E-state index in [1.165, 1.54) is 36.0 Å². The van der Waals surface area contributed by atoms with Gasteiger partial charge >= 0.3 is 18.2 Å². The van der Waals surface area contributed by atoms with Crippen molar-refractivity contribution >= 4 is 11.5 Å². The van der Waals surface area contributed by atoms with Crippen molar-refractivity contribution in [2.24, 2.45) is 5.92 Å². The summed E-state index contributed by atoms with van der Waals surface area (Å²) in [6, 6.07) is 21.3. The summed E-state index contributed by atoms with van der Waals surface area (Å²) in [5.41, 5.74) is 1.67. The second kappa shape index (κ2) is 12.2. The summed E-state index contributed by atoms with van der Waals surface area (Å²) in [5, 5.41) is 10.9. The maximum atomic E-state index is 12.3. The lowest BCUT2D eigenvalue weighted by molar-refractivity contribution is -0.389. The minimum absolute atomic E-state index is 0.225. The Morgan fingerprint density at radius 3 is 2.16 bits per heavy atom. The number of nitro groups is 1. The number of piperidine rings is 1. The molecule has 0 amide bonds. The second-order valence-electron chi connectivity index (χ2n) is 11.5. The third-order valence-electron chi connectivity index (χ3n) is 7.86. The molecule has 1 fully saturated rings. The van der Waals surface area contributed by atoms with E-state index in [0.717, 1.165) is 38.0 Å². The number of rotatable bonds is 10. The van der Waals surface area contributed by atoms with Gasteiger partial charge in [-0.3, -0.25) is 4.57 Å². The van der Waals surface area contributed by atoms with E-state index in [1.807, 2.05) is 43.3 Å². The van der Waals surface area contributed by atoms with Crippen LogP contribution in [0.3, 0.4) is 0 Å². The minimum atomic E-state index is -4.73. The summed E-state index contributed by atoms with van der Waals surface area (Å²) in [4.78, 5) is 16.7. The van der Waals surface area contributed by atoms with E-state index in [-0.39, 0.29) is 24.2 Å². The Morgan fingerprint density at radius 1 is 0.956 bits per heavy atom. The van der Waals surface area contributed by atoms with Crippen molar-refractivity contribution in [3.8, 4) is 29.0 Å². The summed E-state index contributed by atoms with van der Waals surface area (Å²) >= 11 is 0. The molecule has 0 spiro atoms. The second-order valence-corrected chi connectivity index (χ2v) is 11.5. The average molecular weight is 625 g/mol. The van der Waals surface area contributed by atoms with Crippen LogP contribution in [0, 0.1) is 16.0 Å². The molecule has 0 radical (unpaired) electrons. The van der Waals surface area contributed by atoms with Crippen molar-refractivity contribution in [3.05, 3.63) is 94.7 Å². The van der Waals surface area contributed by atoms with Crippen molar-refractivity contribution in [2.45, 2.75) is 44.7 Å². The highest BCUT2D eigenvalue weighted by atomic mass is 19.4. The lowest BCUT2D eigenvalue weighted by Gasteiger charge is -2.34. The van der Waals surface area contributed by atoms with Gasteiger partial charge < -0.3 is 34.0 Å². The molecule has 0 N–H and O–H groups in total. The Morgan fingerprint density at radius 2 is 1.56 bits per heavy atom. The van der Waals surface area contributed by atoms with Crippen molar-refractivity contribution in [1.29, 1.82) is 0 Å². The molecule has 2 aliphatic rings. The summed E-state index contributed by atoms with van der Waals surface area (Å²) in [5.74, 6) is 1.77. The highest BCUT2D eigenvalue weighted by molar-refractivity contribution is 5.49. The fourth-order valence-electron chi connectivity index (χ4n) is 5.61. The summed E-state index contributed by atoms with van der Waals surface area (Å²) < 4.78 is 60.2. The van der Waals surface area contributed by atoms with Gasteiger partial charge in [-0.15, -0.1) is 13.2 Å². The zero-order chi connectivity index (χ0) is 31.6. The number of anilines is 1. The molecule has 1 saturated heterocycles. The summed E-state index contributed by atoms with van der Waals surface area (Å²) in [6.07, 6.45) is -0.277. The summed E-state index contributed by atoms with van der Waals surface area (Å²) in [7, 11) is 0. The minimum Gasteiger partial charge on any atom is -0.489 e. The average Bonchev–Trinajstić information content (AvgIpc) is 3.54. The molecule has 4 aromatic rings. The van der Waals surface area contributed by atoms with Gasteiger partial charge in [-0.05, 0) is 103 Å². The first-order valence-corrected chi connectivity index (χ1v) is 14.5. The number of fused-ring (bicyclic) bond motifs is 1. The van der Waals surface area contributed by atoms with Crippen LogP contribution in [0.4, 0.5) is 24.7 Å². The predicted molar refractivity (Wildman–Crippen MR) is 158 cm³/mol. The number of halogens is 3. The van der Waals surface area contributed by atoms with Gasteiger partial charge in [-0.2, -0.15) is 0 Å². The van der Waals surface area contributed by atoms with Crippen LogP contribution in [0.1, 0.15) is 25.3 Å². The third kappa shape index (κ3) is 7.59. The van der Waals surface area contributed by atoms with E-state index in [1.54, 1.807) is 4.57 Å². The highest BCUT2D eigenvalue weighted by Crippen LogP contribution is 2.33. The van der Waals surface area contributed by atoms with Crippen LogP contribution in [0.25, 0.3) is 0 Å². The van der Waals surface area contributed by atoms with E-state index in [9.17, 15) is 23.3 Å². The molecule has 1 aromatic heterocycles. The molecule has 0 bridgehead atoms. The molecule has 3 heterocycles. The van der Waals surface area contributed by atoms with Gasteiger partial charge in [-0.25, -0.2) is 0 Å². The number of alkyl halides is 3. The molecule has 1 atom stereocenters. The van der Waals surface area contributed by atoms with Crippen LogP contribution in [-0.2, 0) is 13.0 Å². The lowest BCUT2D eigenvalue weighted by atomic mass is 9.90. The third-order valence-corrected chi connectivity index (χ3v) is 7.86. The van der Waals surface area contributed by atoms with Crippen molar-refractivity contribution in [1.82, 2.24) is 9.55 Å². The number of benzene rings is 3. The quantitative estimate of drug-likeness (QED) is 0.135. The molecular weight excluding hydrogens is 593 g/mol. The predicted octanol–water partition coefficient (Wildman–Crippen LogP) is 7.17. The molecular formula is C32H31F3N4O6.